The molecule has 0 saturated heterocycles. The van der Waals surface area contributed by atoms with Gasteiger partial charge < -0.3 is 0 Å². The van der Waals surface area contributed by atoms with Crippen LogP contribution in [0.4, 0.5) is 0 Å². The maximum absolute atomic E-state index is 4.19. The topological polar surface area (TPSA) is 41.0 Å². The average Bonchev–Trinajstić information content (AvgIpc) is 2.57. The van der Waals surface area contributed by atoms with Gasteiger partial charge in [0.05, 0.1) is 6.20 Å². The van der Waals surface area contributed by atoms with Gasteiger partial charge in [-0.25, -0.2) is 0 Å². The van der Waals surface area contributed by atoms with Gasteiger partial charge >= 0.3 is 0 Å². The van der Waals surface area contributed by atoms with Crippen LogP contribution in [0.3, 0.4) is 0 Å². The summed E-state index contributed by atoms with van der Waals surface area (Å²) in [5.74, 6) is 0.507. The van der Waals surface area contributed by atoms with E-state index >= 15 is 0 Å². The summed E-state index contributed by atoms with van der Waals surface area (Å²) < 4.78 is 0. The molecule has 1 N–H and O–H groups in total. The maximum atomic E-state index is 4.19. The zero-order valence-electron chi connectivity index (χ0n) is 6.99. The fourth-order valence-corrected chi connectivity index (χ4v) is 1.40. The molecule has 0 radical (unpaired) electrons. The highest BCUT2D eigenvalue weighted by atomic mass is 15.1. The van der Waals surface area contributed by atoms with Crippen LogP contribution in [0.5, 0.6) is 0 Å². The average molecular weight is 161 g/mol. The van der Waals surface area contributed by atoms with Crippen LogP contribution in [-0.4, -0.2) is 23.0 Å². The summed E-state index contributed by atoms with van der Waals surface area (Å²) in [5.41, 5.74) is 2.49. The summed E-state index contributed by atoms with van der Waals surface area (Å²) >= 11 is 0. The lowest BCUT2D eigenvalue weighted by Crippen LogP contribution is -2.06. The van der Waals surface area contributed by atoms with E-state index < -0.39 is 0 Å². The zero-order valence-corrected chi connectivity index (χ0v) is 6.99. The van der Waals surface area contributed by atoms with Crippen LogP contribution in [0.25, 0.3) is 5.57 Å². The lowest BCUT2D eigenvalue weighted by molar-refractivity contribution is 0.758. The van der Waals surface area contributed by atoms with Gasteiger partial charge in [0.15, 0.2) is 0 Å². The monoisotopic (exact) mass is 161 g/mol. The molecule has 1 aromatic rings. The Bertz CT molecular complexity index is 309. The molecule has 0 spiro atoms. The van der Waals surface area contributed by atoms with Gasteiger partial charge in [-0.15, -0.1) is 0 Å². The molecular weight excluding hydrogens is 150 g/mol. The summed E-state index contributed by atoms with van der Waals surface area (Å²) in [5, 5.41) is 6.73. The maximum Gasteiger partial charge on any atom is 0.0562 e. The normalized spacial score (nSPS) is 22.4. The molecule has 1 aromatic heterocycles. The highest BCUT2D eigenvalue weighted by Crippen LogP contribution is 2.23. The summed E-state index contributed by atoms with van der Waals surface area (Å²) in [6.45, 7) is 3.06. The number of hydrogen-bond acceptors (Lipinski definition) is 2. The molecule has 12 heavy (non-hydrogen) atoms. The second kappa shape index (κ2) is 2.93. The van der Waals surface area contributed by atoms with E-state index in [2.05, 4.69) is 28.2 Å². The van der Waals surface area contributed by atoms with Gasteiger partial charge in [-0.1, -0.05) is 6.92 Å². The van der Waals surface area contributed by atoms with Gasteiger partial charge in [-0.3, -0.25) is 10.1 Å². The Morgan fingerprint density at radius 1 is 1.58 bits per heavy atom. The molecule has 0 aromatic carbocycles. The number of nitrogens with one attached hydrogen (secondary N) is 1. The van der Waals surface area contributed by atoms with Crippen LogP contribution < -0.4 is 0 Å². The second-order valence-corrected chi connectivity index (χ2v) is 3.02. The number of nitrogens with zero attached hydrogens (tertiary/aromatic N) is 2. The third-order valence-electron chi connectivity index (χ3n) is 2.10. The molecule has 62 valence electrons. The number of hydrogen-bond donors (Lipinski definition) is 1. The van der Waals surface area contributed by atoms with Gasteiger partial charge in [0.25, 0.3) is 0 Å². The lowest BCUT2D eigenvalue weighted by atomic mass is 9.95. The number of allylic oxidation sites excluding steroid dienone is 1. The number of H-pyrrole nitrogens is 1. The number of aliphatic imine (C=N–C) groups is 1. The first-order valence-corrected chi connectivity index (χ1v) is 4.07. The van der Waals surface area contributed by atoms with Crippen LogP contribution in [0.1, 0.15) is 12.5 Å². The van der Waals surface area contributed by atoms with E-state index in [0.29, 0.717) is 5.92 Å². The molecule has 3 nitrogen and oxygen atoms in total. The molecule has 3 heteroatoms. The Hall–Kier alpha value is -1.38. The van der Waals surface area contributed by atoms with Crippen molar-refractivity contribution in [2.24, 2.45) is 10.9 Å². The zero-order chi connectivity index (χ0) is 8.39. The molecule has 0 amide bonds. The fourth-order valence-electron chi connectivity index (χ4n) is 1.40. The number of rotatable bonds is 1. The molecule has 0 saturated carbocycles. The molecule has 1 atom stereocenters. The molecule has 1 aliphatic rings. The van der Waals surface area contributed by atoms with E-state index in [1.165, 1.54) is 11.1 Å². The molecule has 0 unspecified atom stereocenters. The van der Waals surface area contributed by atoms with Crippen molar-refractivity contribution in [2.45, 2.75) is 6.92 Å². The van der Waals surface area contributed by atoms with E-state index in [9.17, 15) is 0 Å². The van der Waals surface area contributed by atoms with Gasteiger partial charge in [0, 0.05) is 30.4 Å². The SMILES string of the molecule is C[C@H]1CN=CC=C1c1cn[nH]c1. The third-order valence-corrected chi connectivity index (χ3v) is 2.10. The van der Waals surface area contributed by atoms with E-state index in [-0.39, 0.29) is 0 Å². The minimum Gasteiger partial charge on any atom is -0.293 e. The van der Waals surface area contributed by atoms with Gasteiger partial charge in [0.2, 0.25) is 0 Å². The molecule has 0 bridgehead atoms. The number of dihydropyridines is 1. The Kier molecular flexibility index (Phi) is 1.78. The van der Waals surface area contributed by atoms with Crippen LogP contribution in [0, 0.1) is 5.92 Å². The Morgan fingerprint density at radius 2 is 2.50 bits per heavy atom. The first-order chi connectivity index (χ1) is 5.88. The minimum absolute atomic E-state index is 0.507. The van der Waals surface area contributed by atoms with Crippen molar-refractivity contribution in [3.8, 4) is 0 Å². The lowest BCUT2D eigenvalue weighted by Gasteiger charge is -2.14. The summed E-state index contributed by atoms with van der Waals surface area (Å²) in [6, 6.07) is 0. The predicted octanol–water partition coefficient (Wildman–Crippen LogP) is 1.51. The quantitative estimate of drug-likeness (QED) is 0.666. The fraction of sp³-hybridized carbons (Fsp3) is 0.333. The van der Waals surface area contributed by atoms with E-state index in [4.69, 9.17) is 0 Å². The van der Waals surface area contributed by atoms with E-state index in [1.54, 1.807) is 0 Å². The Balaban J connectivity index is 2.34. The predicted molar refractivity (Wildman–Crippen MR) is 49.1 cm³/mol. The first-order valence-electron chi connectivity index (χ1n) is 4.07. The van der Waals surface area contributed by atoms with Crippen molar-refractivity contribution < 1.29 is 0 Å². The molecule has 0 aliphatic carbocycles. The second-order valence-electron chi connectivity index (χ2n) is 3.02. The first kappa shape index (κ1) is 7.28. The van der Waals surface area contributed by atoms with Crippen molar-refractivity contribution in [1.82, 2.24) is 10.2 Å². The van der Waals surface area contributed by atoms with Crippen LogP contribution in [-0.2, 0) is 0 Å². The van der Waals surface area contributed by atoms with Gasteiger partial charge in [-0.2, -0.15) is 5.10 Å². The van der Waals surface area contributed by atoms with Crippen molar-refractivity contribution >= 4 is 11.8 Å². The highest BCUT2D eigenvalue weighted by Gasteiger charge is 2.12. The van der Waals surface area contributed by atoms with Crippen molar-refractivity contribution in [2.75, 3.05) is 6.54 Å². The van der Waals surface area contributed by atoms with Crippen LogP contribution in [0.2, 0.25) is 0 Å². The van der Waals surface area contributed by atoms with E-state index in [0.717, 1.165) is 6.54 Å². The van der Waals surface area contributed by atoms with E-state index in [1.807, 2.05) is 18.6 Å². The van der Waals surface area contributed by atoms with Gasteiger partial charge in [0.1, 0.15) is 0 Å². The standard InChI is InChI=1S/C9H11N3/c1-7-4-10-3-2-9(7)8-5-11-12-6-8/h2-3,5-7H,4H2,1H3,(H,11,12)/t7-/m0/s1. The largest absolute Gasteiger partial charge is 0.293 e. The number of aromatic nitrogens is 2. The van der Waals surface area contributed by atoms with Crippen molar-refractivity contribution in [3.63, 3.8) is 0 Å². The molecule has 0 fully saturated rings. The van der Waals surface area contributed by atoms with Crippen molar-refractivity contribution in [3.05, 3.63) is 24.0 Å². The van der Waals surface area contributed by atoms with Gasteiger partial charge in [-0.05, 0) is 11.6 Å². The Morgan fingerprint density at radius 3 is 3.17 bits per heavy atom. The molecule has 2 rings (SSSR count). The molecule has 2 heterocycles. The highest BCUT2D eigenvalue weighted by molar-refractivity contribution is 5.86. The smallest absolute Gasteiger partial charge is 0.0562 e. The molecule has 1 aliphatic heterocycles. The van der Waals surface area contributed by atoms with Crippen LogP contribution in [0.15, 0.2) is 23.5 Å². The summed E-state index contributed by atoms with van der Waals surface area (Å²) in [6.07, 6.45) is 7.68. The van der Waals surface area contributed by atoms with Crippen molar-refractivity contribution in [1.29, 1.82) is 0 Å². The Labute approximate surface area is 71.2 Å². The molecular formula is C9H11N3. The third kappa shape index (κ3) is 1.18. The van der Waals surface area contributed by atoms with Crippen LogP contribution >= 0.6 is 0 Å². The minimum atomic E-state index is 0.507. The summed E-state index contributed by atoms with van der Waals surface area (Å²) in [4.78, 5) is 4.19. The summed E-state index contributed by atoms with van der Waals surface area (Å²) in [7, 11) is 0. The number of aromatic amines is 1.